The zero-order valence-corrected chi connectivity index (χ0v) is 13.2. The lowest BCUT2D eigenvalue weighted by Gasteiger charge is -2.11. The van der Waals surface area contributed by atoms with Gasteiger partial charge in [0.15, 0.2) is 0 Å². The molecule has 0 aliphatic rings. The highest BCUT2D eigenvalue weighted by Gasteiger charge is 2.18. The first-order chi connectivity index (χ1) is 8.90. The third-order valence-corrected chi connectivity index (χ3v) is 4.89. The molecule has 1 N–H and O–H groups in total. The molecule has 0 aromatic heterocycles. The van der Waals surface area contributed by atoms with E-state index in [4.69, 9.17) is 11.6 Å². The normalized spacial score (nSPS) is 11.3. The summed E-state index contributed by atoms with van der Waals surface area (Å²) in [6, 6.07) is 11.8. The Kier molecular flexibility index (Phi) is 4.18. The van der Waals surface area contributed by atoms with Crippen molar-refractivity contribution in [1.29, 1.82) is 0 Å². The number of hydrogen-bond donors (Lipinski definition) is 1. The van der Waals surface area contributed by atoms with E-state index in [0.717, 1.165) is 0 Å². The van der Waals surface area contributed by atoms with Crippen molar-refractivity contribution < 1.29 is 8.42 Å². The molecule has 2 aromatic rings. The molecule has 0 atom stereocenters. The Balaban J connectivity index is 2.44. The van der Waals surface area contributed by atoms with Gasteiger partial charge in [-0.2, -0.15) is 0 Å². The van der Waals surface area contributed by atoms with E-state index in [1.54, 1.807) is 49.4 Å². The fraction of sp³-hybridized carbons (Fsp3) is 0.0769. The van der Waals surface area contributed by atoms with Gasteiger partial charge in [0.1, 0.15) is 0 Å². The molecule has 0 bridgehead atoms. The molecular weight excluding hydrogens is 350 g/mol. The molecule has 6 heteroatoms. The molecule has 0 fully saturated rings. The summed E-state index contributed by atoms with van der Waals surface area (Å²) in [5, 5.41) is 0.360. The molecule has 2 aromatic carbocycles. The molecular formula is C13H11BrClNO2S. The van der Waals surface area contributed by atoms with E-state index >= 15 is 0 Å². The summed E-state index contributed by atoms with van der Waals surface area (Å²) in [7, 11) is -3.65. The van der Waals surface area contributed by atoms with Crippen LogP contribution < -0.4 is 4.72 Å². The highest BCUT2D eigenvalue weighted by Crippen LogP contribution is 2.26. The minimum Gasteiger partial charge on any atom is -0.278 e. The van der Waals surface area contributed by atoms with Gasteiger partial charge in [0.05, 0.1) is 15.6 Å². The lowest BCUT2D eigenvalue weighted by atomic mass is 10.2. The highest BCUT2D eigenvalue weighted by atomic mass is 79.9. The molecule has 0 unspecified atom stereocenters. The molecule has 0 saturated carbocycles. The van der Waals surface area contributed by atoms with Crippen LogP contribution >= 0.6 is 27.5 Å². The number of aryl methyl sites for hydroxylation is 1. The Morgan fingerprint density at radius 1 is 1.16 bits per heavy atom. The van der Waals surface area contributed by atoms with Gasteiger partial charge in [0, 0.05) is 4.47 Å². The van der Waals surface area contributed by atoms with Gasteiger partial charge in [-0.05, 0) is 36.8 Å². The first kappa shape index (κ1) is 14.4. The van der Waals surface area contributed by atoms with Crippen LogP contribution in [-0.2, 0) is 10.0 Å². The van der Waals surface area contributed by atoms with Crippen molar-refractivity contribution in [1.82, 2.24) is 0 Å². The number of rotatable bonds is 3. The summed E-state index contributed by atoms with van der Waals surface area (Å²) < 4.78 is 27.9. The first-order valence-electron chi connectivity index (χ1n) is 5.43. The minimum absolute atomic E-state index is 0.224. The average Bonchev–Trinajstić information content (AvgIpc) is 2.35. The van der Waals surface area contributed by atoms with Gasteiger partial charge < -0.3 is 0 Å². The second-order valence-electron chi connectivity index (χ2n) is 4.00. The van der Waals surface area contributed by atoms with Crippen molar-refractivity contribution in [3.05, 3.63) is 57.5 Å². The van der Waals surface area contributed by atoms with E-state index in [2.05, 4.69) is 20.7 Å². The predicted octanol–water partition coefficient (Wildman–Crippen LogP) is 4.21. The Labute approximate surface area is 125 Å². The van der Waals surface area contributed by atoms with Crippen LogP contribution in [-0.4, -0.2) is 8.42 Å². The second kappa shape index (κ2) is 5.53. The average molecular weight is 361 g/mol. The van der Waals surface area contributed by atoms with Crippen molar-refractivity contribution >= 4 is 43.2 Å². The quantitative estimate of drug-likeness (QED) is 0.891. The highest BCUT2D eigenvalue weighted by molar-refractivity contribution is 9.10. The monoisotopic (exact) mass is 359 g/mol. The minimum atomic E-state index is -3.65. The summed E-state index contributed by atoms with van der Waals surface area (Å²) in [5.41, 5.74) is 1.03. The lowest BCUT2D eigenvalue weighted by molar-refractivity contribution is 0.600. The van der Waals surface area contributed by atoms with Crippen LogP contribution in [0, 0.1) is 6.92 Å². The maximum Gasteiger partial charge on any atom is 0.262 e. The van der Waals surface area contributed by atoms with Gasteiger partial charge >= 0.3 is 0 Å². The Morgan fingerprint density at radius 2 is 1.84 bits per heavy atom. The van der Waals surface area contributed by atoms with Crippen LogP contribution in [0.15, 0.2) is 51.8 Å². The predicted molar refractivity (Wildman–Crippen MR) is 81.1 cm³/mol. The molecule has 100 valence electrons. The summed E-state index contributed by atoms with van der Waals surface area (Å²) in [4.78, 5) is 0.224. The van der Waals surface area contributed by atoms with E-state index in [1.807, 2.05) is 0 Å². The number of sulfonamides is 1. The van der Waals surface area contributed by atoms with Gasteiger partial charge in [-0.25, -0.2) is 8.42 Å². The number of benzene rings is 2. The number of nitrogens with one attached hydrogen (secondary N) is 1. The number of anilines is 1. The van der Waals surface area contributed by atoms with E-state index in [9.17, 15) is 8.42 Å². The van der Waals surface area contributed by atoms with Crippen LogP contribution in [0.1, 0.15) is 5.56 Å². The molecule has 2 rings (SSSR count). The zero-order chi connectivity index (χ0) is 14.0. The standard InChI is InChI=1S/C13H11BrClNO2S/c1-9-6-7-10(14)8-13(9)19(17,18)16-12-5-3-2-4-11(12)15/h2-8,16H,1H3. The fourth-order valence-electron chi connectivity index (χ4n) is 1.61. The van der Waals surface area contributed by atoms with Crippen LogP contribution in [0.4, 0.5) is 5.69 Å². The van der Waals surface area contributed by atoms with E-state index in [0.29, 0.717) is 20.7 Å². The molecule has 0 heterocycles. The maximum absolute atomic E-state index is 12.3. The maximum atomic E-state index is 12.3. The molecule has 0 aliphatic heterocycles. The largest absolute Gasteiger partial charge is 0.278 e. The fourth-order valence-corrected chi connectivity index (χ4v) is 3.71. The summed E-state index contributed by atoms with van der Waals surface area (Å²) in [5.74, 6) is 0. The van der Waals surface area contributed by atoms with Crippen LogP contribution in [0.3, 0.4) is 0 Å². The van der Waals surface area contributed by atoms with E-state index in [-0.39, 0.29) is 4.90 Å². The van der Waals surface area contributed by atoms with Crippen molar-refractivity contribution in [2.75, 3.05) is 4.72 Å². The van der Waals surface area contributed by atoms with Gasteiger partial charge in [-0.15, -0.1) is 0 Å². The van der Waals surface area contributed by atoms with Crippen molar-refractivity contribution in [3.8, 4) is 0 Å². The van der Waals surface area contributed by atoms with Gasteiger partial charge in [-0.1, -0.05) is 45.7 Å². The first-order valence-corrected chi connectivity index (χ1v) is 8.09. The summed E-state index contributed by atoms with van der Waals surface area (Å²) in [6.45, 7) is 1.74. The molecule has 0 amide bonds. The Morgan fingerprint density at radius 3 is 2.53 bits per heavy atom. The van der Waals surface area contributed by atoms with Crippen LogP contribution in [0.5, 0.6) is 0 Å². The Hall–Kier alpha value is -1.04. The Bertz CT molecular complexity index is 716. The van der Waals surface area contributed by atoms with Crippen molar-refractivity contribution in [2.24, 2.45) is 0 Å². The molecule has 0 radical (unpaired) electrons. The van der Waals surface area contributed by atoms with Gasteiger partial charge in [-0.3, -0.25) is 4.72 Å². The zero-order valence-electron chi connectivity index (χ0n) is 10.0. The van der Waals surface area contributed by atoms with E-state index < -0.39 is 10.0 Å². The topological polar surface area (TPSA) is 46.2 Å². The number of halogens is 2. The van der Waals surface area contributed by atoms with Crippen molar-refractivity contribution in [3.63, 3.8) is 0 Å². The van der Waals surface area contributed by atoms with Crippen LogP contribution in [0.25, 0.3) is 0 Å². The third kappa shape index (κ3) is 3.29. The molecule has 3 nitrogen and oxygen atoms in total. The molecule has 19 heavy (non-hydrogen) atoms. The third-order valence-electron chi connectivity index (χ3n) is 2.56. The molecule has 0 saturated heterocycles. The number of para-hydroxylation sites is 1. The van der Waals surface area contributed by atoms with E-state index in [1.165, 1.54) is 0 Å². The van der Waals surface area contributed by atoms with Crippen molar-refractivity contribution in [2.45, 2.75) is 11.8 Å². The molecule has 0 spiro atoms. The lowest BCUT2D eigenvalue weighted by Crippen LogP contribution is -2.14. The van der Waals surface area contributed by atoms with Crippen LogP contribution in [0.2, 0.25) is 5.02 Å². The summed E-state index contributed by atoms with van der Waals surface area (Å²) in [6.07, 6.45) is 0. The smallest absolute Gasteiger partial charge is 0.262 e. The van der Waals surface area contributed by atoms with Gasteiger partial charge in [0.2, 0.25) is 0 Å². The molecule has 0 aliphatic carbocycles. The number of hydrogen-bond acceptors (Lipinski definition) is 2. The summed E-state index contributed by atoms with van der Waals surface area (Å²) >= 11 is 9.22. The SMILES string of the molecule is Cc1ccc(Br)cc1S(=O)(=O)Nc1ccccc1Cl. The van der Waals surface area contributed by atoms with Gasteiger partial charge in [0.25, 0.3) is 10.0 Å². The second-order valence-corrected chi connectivity index (χ2v) is 6.97.